The Labute approximate surface area is 187 Å². The molecule has 0 unspecified atom stereocenters. The van der Waals surface area contributed by atoms with E-state index >= 15 is 0 Å². The first-order valence-electron chi connectivity index (χ1n) is 9.23. The Morgan fingerprint density at radius 3 is 1.23 bits per heavy atom. The minimum atomic E-state index is -6.68. The number of rotatable bonds is 2. The van der Waals surface area contributed by atoms with Crippen molar-refractivity contribution in [2.75, 3.05) is 0 Å². The Morgan fingerprint density at radius 1 is 0.543 bits per heavy atom. The Hall–Kier alpha value is -2.38. The quantitative estimate of drug-likeness (QED) is 0.336. The topological polar surface area (TPSA) is 30.8 Å². The van der Waals surface area contributed by atoms with Gasteiger partial charge < -0.3 is 0 Å². The molecule has 2 aliphatic heterocycles. The van der Waals surface area contributed by atoms with Crippen LogP contribution in [0.2, 0.25) is 0 Å². The van der Waals surface area contributed by atoms with Crippen LogP contribution in [0.15, 0.2) is 65.7 Å². The van der Waals surface area contributed by atoms with Gasteiger partial charge in [0, 0.05) is 0 Å². The molecule has 1 fully saturated rings. The van der Waals surface area contributed by atoms with Crippen molar-refractivity contribution < 1.29 is 61.7 Å². The Kier molecular flexibility index (Phi) is 5.06. The SMILES string of the molecule is FC(F)(F)C1(C(F)(F)F)N=C2C(C(F)(F)F)(C(F)(F)F)OP2(c2ccccc2)(c2ccccc2)O1. The molecule has 2 heterocycles. The number of hydrogen-bond donors (Lipinski definition) is 0. The molecule has 2 aromatic rings. The molecule has 2 aliphatic rings. The number of alkyl halides is 12. The summed E-state index contributed by atoms with van der Waals surface area (Å²) < 4.78 is 177. The molecule has 0 atom stereocenters. The second-order valence-electron chi connectivity index (χ2n) is 7.56. The maximum atomic E-state index is 14.0. The summed E-state index contributed by atoms with van der Waals surface area (Å²) in [6, 6.07) is 9.16. The van der Waals surface area contributed by atoms with Gasteiger partial charge in [0.2, 0.25) is 0 Å². The molecule has 1 saturated heterocycles. The summed E-state index contributed by atoms with van der Waals surface area (Å²) >= 11 is 0. The molecule has 0 aromatic heterocycles. The average Bonchev–Trinajstić information content (AvgIpc) is 2.97. The molecule has 0 saturated carbocycles. The van der Waals surface area contributed by atoms with Gasteiger partial charge in [-0.25, -0.2) is 0 Å². The van der Waals surface area contributed by atoms with Crippen molar-refractivity contribution in [3.05, 3.63) is 60.7 Å². The molecule has 4 rings (SSSR count). The molecule has 16 heteroatoms. The summed E-state index contributed by atoms with van der Waals surface area (Å²) in [4.78, 5) is 2.15. The van der Waals surface area contributed by atoms with Crippen LogP contribution in [0.4, 0.5) is 52.7 Å². The van der Waals surface area contributed by atoms with Gasteiger partial charge in [0.05, 0.1) is 0 Å². The zero-order valence-electron chi connectivity index (χ0n) is 16.5. The van der Waals surface area contributed by atoms with Gasteiger partial charge in [-0.3, -0.25) is 0 Å². The summed E-state index contributed by atoms with van der Waals surface area (Å²) in [5.74, 6) is 0. The first-order valence-corrected chi connectivity index (χ1v) is 11.3. The molecular formula is C19H10F12NO2P. The molecule has 192 valence electrons. The van der Waals surface area contributed by atoms with E-state index in [9.17, 15) is 52.7 Å². The van der Waals surface area contributed by atoms with Crippen LogP contribution in [-0.4, -0.2) is 41.5 Å². The molecule has 2 aromatic carbocycles. The predicted octanol–water partition coefficient (Wildman–Crippen LogP) is 6.16. The van der Waals surface area contributed by atoms with Crippen LogP contribution in [0.25, 0.3) is 0 Å². The second-order valence-corrected chi connectivity index (χ2v) is 11.3. The van der Waals surface area contributed by atoms with E-state index in [4.69, 9.17) is 0 Å². The molecule has 3 nitrogen and oxygen atoms in total. The van der Waals surface area contributed by atoms with Crippen molar-refractivity contribution in [3.8, 4) is 0 Å². The normalized spacial score (nSPS) is 23.9. The van der Waals surface area contributed by atoms with Gasteiger partial charge >= 0.3 is 187 Å². The number of halogens is 12. The number of nitrogens with zero attached hydrogens (tertiary/aromatic N) is 1. The third-order valence-electron chi connectivity index (χ3n) is 5.60. The summed E-state index contributed by atoms with van der Waals surface area (Å²) in [6.45, 7) is 0. The first-order chi connectivity index (χ1) is 15.8. The van der Waals surface area contributed by atoms with Crippen LogP contribution in [0.1, 0.15) is 0 Å². The zero-order valence-corrected chi connectivity index (χ0v) is 17.4. The predicted molar refractivity (Wildman–Crippen MR) is 98.4 cm³/mol. The van der Waals surface area contributed by atoms with Crippen LogP contribution < -0.4 is 10.6 Å². The number of fused-ring (bicyclic) bond motifs is 1. The average molecular weight is 543 g/mol. The van der Waals surface area contributed by atoms with Crippen LogP contribution in [0, 0.1) is 0 Å². The van der Waals surface area contributed by atoms with Gasteiger partial charge in [-0.2, -0.15) is 0 Å². The van der Waals surface area contributed by atoms with E-state index in [1.165, 1.54) is 12.1 Å². The van der Waals surface area contributed by atoms with Crippen molar-refractivity contribution in [1.29, 1.82) is 0 Å². The van der Waals surface area contributed by atoms with Crippen molar-refractivity contribution in [3.63, 3.8) is 0 Å². The zero-order chi connectivity index (χ0) is 26.4. The van der Waals surface area contributed by atoms with E-state index in [0.29, 0.717) is 0 Å². The molecule has 0 N–H and O–H groups in total. The van der Waals surface area contributed by atoms with Crippen LogP contribution in [0.5, 0.6) is 0 Å². The third kappa shape index (κ3) is 2.85. The monoisotopic (exact) mass is 543 g/mol. The van der Waals surface area contributed by atoms with Gasteiger partial charge in [-0.1, -0.05) is 0 Å². The van der Waals surface area contributed by atoms with E-state index in [-0.39, 0.29) is 0 Å². The van der Waals surface area contributed by atoms with Crippen LogP contribution in [-0.2, 0) is 9.05 Å². The van der Waals surface area contributed by atoms with E-state index < -0.39 is 59.2 Å². The summed E-state index contributed by atoms with van der Waals surface area (Å²) in [5.41, 5.74) is -13.9. The summed E-state index contributed by atoms with van der Waals surface area (Å²) in [7, 11) is -6.68. The number of aliphatic imine (C=N–C) groups is 1. The minimum absolute atomic E-state index is 0.722. The van der Waals surface area contributed by atoms with Gasteiger partial charge in [0.15, 0.2) is 0 Å². The van der Waals surface area contributed by atoms with Crippen molar-refractivity contribution in [1.82, 2.24) is 0 Å². The maximum absolute atomic E-state index is 14.0. The summed E-state index contributed by atoms with van der Waals surface area (Å²) in [6.07, 6.45) is -26.4. The Bertz CT molecular complexity index is 1080. The van der Waals surface area contributed by atoms with Crippen molar-refractivity contribution >= 4 is 23.1 Å². The van der Waals surface area contributed by atoms with E-state index in [1.807, 2.05) is 0 Å². The number of benzene rings is 2. The standard InChI is InChI=1S/C19H10F12NO2P/c20-16(21,22)14(17(23,24)25)13-32-15(18(26,27)28,19(29,30)31)34-35(13,33-14,11-7-3-1-4-8-11)12-9-5-2-6-10-12/h1-10H. The molecule has 0 radical (unpaired) electrons. The van der Waals surface area contributed by atoms with E-state index in [2.05, 4.69) is 14.0 Å². The van der Waals surface area contributed by atoms with Gasteiger partial charge in [-0.05, 0) is 0 Å². The summed E-state index contributed by atoms with van der Waals surface area (Å²) in [5, 5.41) is -1.80. The molecule has 35 heavy (non-hydrogen) atoms. The fraction of sp³-hybridized carbons (Fsp3) is 0.316. The third-order valence-corrected chi connectivity index (χ3v) is 10.5. The van der Waals surface area contributed by atoms with Gasteiger partial charge in [0.25, 0.3) is 0 Å². The van der Waals surface area contributed by atoms with Crippen LogP contribution >= 0.6 is 7.06 Å². The second kappa shape index (κ2) is 6.88. The number of hydrogen-bond acceptors (Lipinski definition) is 3. The van der Waals surface area contributed by atoms with Gasteiger partial charge in [0.1, 0.15) is 0 Å². The van der Waals surface area contributed by atoms with Crippen LogP contribution in [0.3, 0.4) is 0 Å². The Balaban J connectivity index is 2.26. The van der Waals surface area contributed by atoms with Crippen molar-refractivity contribution in [2.24, 2.45) is 4.99 Å². The van der Waals surface area contributed by atoms with Gasteiger partial charge in [-0.15, -0.1) is 0 Å². The molecular weight excluding hydrogens is 533 g/mol. The van der Waals surface area contributed by atoms with Crippen molar-refractivity contribution in [2.45, 2.75) is 36.0 Å². The Morgan fingerprint density at radius 2 is 0.914 bits per heavy atom. The van der Waals surface area contributed by atoms with E-state index in [0.717, 1.165) is 48.5 Å². The van der Waals surface area contributed by atoms with E-state index in [1.54, 1.807) is 0 Å². The molecule has 0 spiro atoms. The fourth-order valence-electron chi connectivity index (χ4n) is 4.16. The molecule has 0 aliphatic carbocycles. The molecule has 0 bridgehead atoms. The fourth-order valence-corrected chi connectivity index (χ4v) is 9.64. The first kappa shape index (κ1) is 25.7. The molecule has 0 amide bonds.